The number of hydrogen-bond acceptors (Lipinski definition) is 8. The molecule has 0 saturated carbocycles. The summed E-state index contributed by atoms with van der Waals surface area (Å²) in [4.78, 5) is 35.2. The molecule has 4 aromatic rings. The van der Waals surface area contributed by atoms with Gasteiger partial charge in [0.15, 0.2) is 4.80 Å². The largest absolute Gasteiger partial charge is 0.496 e. The topological polar surface area (TPSA) is 82.4 Å². The Labute approximate surface area is 248 Å². The first kappa shape index (κ1) is 29.1. The summed E-state index contributed by atoms with van der Waals surface area (Å²) < 4.78 is 19.1. The van der Waals surface area contributed by atoms with Gasteiger partial charge in [-0.3, -0.25) is 9.36 Å². The molecule has 0 fully saturated rings. The highest BCUT2D eigenvalue weighted by molar-refractivity contribution is 7.07. The van der Waals surface area contributed by atoms with E-state index in [2.05, 4.69) is 18.7 Å². The molecule has 8 nitrogen and oxygen atoms in total. The van der Waals surface area contributed by atoms with Gasteiger partial charge in [0.2, 0.25) is 0 Å². The highest BCUT2D eigenvalue weighted by Crippen LogP contribution is 2.40. The number of ether oxygens (including phenoxy) is 3. The molecule has 1 unspecified atom stereocenters. The van der Waals surface area contributed by atoms with Crippen LogP contribution in [0.15, 0.2) is 75.7 Å². The molecule has 42 heavy (non-hydrogen) atoms. The Bertz CT molecular complexity index is 1870. The van der Waals surface area contributed by atoms with E-state index in [1.165, 1.54) is 11.3 Å². The number of thiazole rings is 1. The smallest absolute Gasteiger partial charge is 0.338 e. The van der Waals surface area contributed by atoms with Gasteiger partial charge in [-0.15, -0.1) is 0 Å². The maximum atomic E-state index is 14.3. The average Bonchev–Trinajstić information content (AvgIpc) is 3.30. The van der Waals surface area contributed by atoms with Crippen LogP contribution < -0.4 is 29.3 Å². The van der Waals surface area contributed by atoms with Crippen LogP contribution >= 0.6 is 11.3 Å². The standard InChI is InChI=1S/C33H35N3O5S/c1-7-35(8-2)23-16-14-22(26(19-23)40-6)18-27-31(37)36-30(28(32(38)41-9-3)20(4)34-33(36)42-27)29-24-13-11-10-12-21(24)15-17-25(29)39-5/h10-19,30H,7-9H2,1-6H3/b27-18-. The molecule has 5 rings (SSSR count). The van der Waals surface area contributed by atoms with Gasteiger partial charge in [0.25, 0.3) is 5.56 Å². The highest BCUT2D eigenvalue weighted by atomic mass is 32.1. The molecule has 1 atom stereocenters. The second-order valence-electron chi connectivity index (χ2n) is 9.80. The van der Waals surface area contributed by atoms with Gasteiger partial charge in [-0.25, -0.2) is 9.79 Å². The van der Waals surface area contributed by atoms with Crippen molar-refractivity contribution in [1.29, 1.82) is 0 Å². The molecule has 0 amide bonds. The zero-order valence-corrected chi connectivity index (χ0v) is 25.6. The van der Waals surface area contributed by atoms with Gasteiger partial charge in [-0.1, -0.05) is 41.7 Å². The van der Waals surface area contributed by atoms with Crippen LogP contribution in [0.2, 0.25) is 0 Å². The maximum absolute atomic E-state index is 14.3. The Hall–Kier alpha value is -4.37. The predicted molar refractivity (Wildman–Crippen MR) is 167 cm³/mol. The van der Waals surface area contributed by atoms with Gasteiger partial charge in [-0.2, -0.15) is 0 Å². The zero-order valence-electron chi connectivity index (χ0n) is 24.8. The molecule has 0 radical (unpaired) electrons. The van der Waals surface area contributed by atoms with E-state index < -0.39 is 12.0 Å². The van der Waals surface area contributed by atoms with Crippen molar-refractivity contribution in [3.63, 3.8) is 0 Å². The molecule has 1 aliphatic heterocycles. The second kappa shape index (κ2) is 12.2. The number of nitrogens with zero attached hydrogens (tertiary/aromatic N) is 3. The summed E-state index contributed by atoms with van der Waals surface area (Å²) in [6.07, 6.45) is 1.83. The lowest BCUT2D eigenvalue weighted by Gasteiger charge is -2.27. The molecule has 0 aliphatic carbocycles. The fourth-order valence-corrected chi connectivity index (χ4v) is 6.58. The van der Waals surface area contributed by atoms with E-state index in [0.29, 0.717) is 37.7 Å². The van der Waals surface area contributed by atoms with Crippen LogP contribution in [0.5, 0.6) is 11.5 Å². The summed E-state index contributed by atoms with van der Waals surface area (Å²) in [5.74, 6) is 0.723. The first-order chi connectivity index (χ1) is 20.4. The molecular weight excluding hydrogens is 550 g/mol. The molecule has 3 aromatic carbocycles. The molecule has 9 heteroatoms. The van der Waals surface area contributed by atoms with Crippen molar-refractivity contribution in [2.75, 3.05) is 38.8 Å². The summed E-state index contributed by atoms with van der Waals surface area (Å²) in [7, 11) is 3.22. The molecule has 0 spiro atoms. The first-order valence-corrected chi connectivity index (χ1v) is 14.9. The van der Waals surface area contributed by atoms with E-state index in [4.69, 9.17) is 19.2 Å². The summed E-state index contributed by atoms with van der Waals surface area (Å²) >= 11 is 1.28. The molecule has 0 saturated heterocycles. The van der Waals surface area contributed by atoms with Crippen LogP contribution in [0.4, 0.5) is 5.69 Å². The predicted octanol–water partition coefficient (Wildman–Crippen LogP) is 4.81. The summed E-state index contributed by atoms with van der Waals surface area (Å²) in [6, 6.07) is 16.9. The van der Waals surface area contributed by atoms with E-state index in [1.54, 1.807) is 32.6 Å². The lowest BCUT2D eigenvalue weighted by molar-refractivity contribution is -0.139. The van der Waals surface area contributed by atoms with Gasteiger partial charge < -0.3 is 19.1 Å². The van der Waals surface area contributed by atoms with Crippen molar-refractivity contribution < 1.29 is 19.0 Å². The third kappa shape index (κ3) is 5.09. The number of hydrogen-bond donors (Lipinski definition) is 0. The molecule has 0 N–H and O–H groups in total. The Kier molecular flexibility index (Phi) is 8.49. The number of benzene rings is 3. The highest BCUT2D eigenvalue weighted by Gasteiger charge is 2.36. The van der Waals surface area contributed by atoms with Gasteiger partial charge >= 0.3 is 5.97 Å². The normalized spacial score (nSPS) is 14.9. The third-order valence-corrected chi connectivity index (χ3v) is 8.56. The Balaban J connectivity index is 1.78. The van der Waals surface area contributed by atoms with Crippen LogP contribution in [0.25, 0.3) is 16.8 Å². The van der Waals surface area contributed by atoms with Crippen molar-refractivity contribution >= 4 is 39.8 Å². The summed E-state index contributed by atoms with van der Waals surface area (Å²) in [5.41, 5.74) is 3.09. The quantitative estimate of drug-likeness (QED) is 0.262. The molecular formula is C33H35N3O5S. The Morgan fingerprint density at radius 3 is 2.45 bits per heavy atom. The summed E-state index contributed by atoms with van der Waals surface area (Å²) in [5, 5.41) is 1.84. The van der Waals surface area contributed by atoms with Gasteiger partial charge in [0, 0.05) is 36.0 Å². The van der Waals surface area contributed by atoms with Gasteiger partial charge in [0.05, 0.1) is 36.6 Å². The number of carbonyl (C=O) groups is 1. The number of rotatable bonds is 9. The Morgan fingerprint density at radius 2 is 1.76 bits per heavy atom. The van der Waals surface area contributed by atoms with Crippen LogP contribution in [0.3, 0.4) is 0 Å². The monoisotopic (exact) mass is 585 g/mol. The number of fused-ring (bicyclic) bond motifs is 2. The zero-order chi connectivity index (χ0) is 30.0. The van der Waals surface area contributed by atoms with Crippen molar-refractivity contribution in [2.24, 2.45) is 4.99 Å². The average molecular weight is 586 g/mol. The van der Waals surface area contributed by atoms with E-state index in [1.807, 2.05) is 60.7 Å². The van der Waals surface area contributed by atoms with Crippen molar-refractivity contribution in [2.45, 2.75) is 33.7 Å². The minimum atomic E-state index is -0.796. The Morgan fingerprint density at radius 1 is 1.02 bits per heavy atom. The molecule has 1 aromatic heterocycles. The van der Waals surface area contributed by atoms with Gasteiger partial charge in [0.1, 0.15) is 17.5 Å². The second-order valence-corrected chi connectivity index (χ2v) is 10.8. The van der Waals surface area contributed by atoms with Crippen LogP contribution in [0, 0.1) is 0 Å². The summed E-state index contributed by atoms with van der Waals surface area (Å²) in [6.45, 7) is 9.70. The van der Waals surface area contributed by atoms with Crippen molar-refractivity contribution in [3.8, 4) is 11.5 Å². The number of carbonyl (C=O) groups excluding carboxylic acids is 1. The number of esters is 1. The van der Waals surface area contributed by atoms with Crippen molar-refractivity contribution in [1.82, 2.24) is 4.57 Å². The van der Waals surface area contributed by atoms with Crippen molar-refractivity contribution in [3.05, 3.63) is 96.7 Å². The van der Waals surface area contributed by atoms with Gasteiger partial charge in [-0.05, 0) is 62.7 Å². The fraction of sp³-hybridized carbons (Fsp3) is 0.303. The molecule has 2 heterocycles. The van der Waals surface area contributed by atoms with Crippen LogP contribution in [0.1, 0.15) is 44.9 Å². The van der Waals surface area contributed by atoms with E-state index in [9.17, 15) is 9.59 Å². The lowest BCUT2D eigenvalue weighted by atomic mass is 9.90. The molecule has 218 valence electrons. The maximum Gasteiger partial charge on any atom is 0.338 e. The number of anilines is 1. The first-order valence-electron chi connectivity index (χ1n) is 14.0. The van der Waals surface area contributed by atoms with Crippen LogP contribution in [-0.4, -0.2) is 44.5 Å². The number of aromatic nitrogens is 1. The lowest BCUT2D eigenvalue weighted by Crippen LogP contribution is -2.40. The minimum Gasteiger partial charge on any atom is -0.496 e. The fourth-order valence-electron chi connectivity index (χ4n) is 5.55. The van der Waals surface area contributed by atoms with Crippen LogP contribution in [-0.2, 0) is 9.53 Å². The third-order valence-electron chi connectivity index (χ3n) is 7.57. The number of allylic oxidation sites excluding steroid dienone is 1. The van der Waals surface area contributed by atoms with E-state index in [0.717, 1.165) is 35.1 Å². The van der Waals surface area contributed by atoms with E-state index >= 15 is 0 Å². The molecule has 0 bridgehead atoms. The van der Waals surface area contributed by atoms with E-state index in [-0.39, 0.29) is 12.2 Å². The molecule has 1 aliphatic rings. The minimum absolute atomic E-state index is 0.197. The SMILES string of the molecule is CCOC(=O)C1=C(C)N=c2s/c(=C\c3ccc(N(CC)CC)cc3OC)c(=O)n2C1c1c(OC)ccc2ccccc12. The number of methoxy groups -OCH3 is 2.